The summed E-state index contributed by atoms with van der Waals surface area (Å²) >= 11 is 19.3. The van der Waals surface area contributed by atoms with Gasteiger partial charge in [0.15, 0.2) is 11.0 Å². The van der Waals surface area contributed by atoms with Crippen LogP contribution in [-0.2, 0) is 11.3 Å². The second-order valence-corrected chi connectivity index (χ2v) is 9.08. The Morgan fingerprint density at radius 1 is 1.15 bits per heavy atom. The molecule has 172 valence electrons. The third kappa shape index (κ3) is 6.51. The highest BCUT2D eigenvalue weighted by Crippen LogP contribution is 2.34. The summed E-state index contributed by atoms with van der Waals surface area (Å²) in [5.41, 5.74) is 0.837. The lowest BCUT2D eigenvalue weighted by Gasteiger charge is -2.15. The van der Waals surface area contributed by atoms with E-state index in [4.69, 9.17) is 34.8 Å². The number of rotatable bonds is 9. The van der Waals surface area contributed by atoms with Crippen LogP contribution in [0.5, 0.6) is 0 Å². The minimum Gasteiger partial charge on any atom is -0.342 e. The van der Waals surface area contributed by atoms with E-state index < -0.39 is 6.04 Å². The van der Waals surface area contributed by atoms with Gasteiger partial charge in [0, 0.05) is 17.1 Å². The number of carbonyl (C=O) groups is 2. The summed E-state index contributed by atoms with van der Waals surface area (Å²) in [6, 6.07) is 11.5. The molecule has 1 heterocycles. The number of allylic oxidation sites excluding steroid dienone is 1. The number of benzene rings is 2. The van der Waals surface area contributed by atoms with Crippen molar-refractivity contribution in [3.8, 4) is 0 Å². The monoisotopic (exact) mass is 523 g/mol. The minimum absolute atomic E-state index is 0.0370. The van der Waals surface area contributed by atoms with Gasteiger partial charge < -0.3 is 15.2 Å². The van der Waals surface area contributed by atoms with E-state index in [-0.39, 0.29) is 27.6 Å². The summed E-state index contributed by atoms with van der Waals surface area (Å²) in [7, 11) is 0. The van der Waals surface area contributed by atoms with E-state index in [1.807, 2.05) is 13.0 Å². The van der Waals surface area contributed by atoms with E-state index >= 15 is 0 Å². The Bertz CT molecular complexity index is 1150. The number of amides is 2. The number of thioether (sulfide) groups is 1. The van der Waals surface area contributed by atoms with Crippen molar-refractivity contribution in [3.63, 3.8) is 0 Å². The highest BCUT2D eigenvalue weighted by Gasteiger charge is 2.21. The summed E-state index contributed by atoms with van der Waals surface area (Å²) in [5, 5.41) is 15.4. The maximum atomic E-state index is 12.5. The first kappa shape index (κ1) is 25.1. The minimum atomic E-state index is -0.417. The van der Waals surface area contributed by atoms with Gasteiger partial charge in [0.1, 0.15) is 0 Å². The molecule has 3 aromatic rings. The van der Waals surface area contributed by atoms with Crippen LogP contribution in [0.4, 0.5) is 5.69 Å². The second-order valence-electron chi connectivity index (χ2n) is 6.88. The number of carbonyl (C=O) groups excluding carboxylic acids is 2. The van der Waals surface area contributed by atoms with Crippen LogP contribution >= 0.6 is 46.6 Å². The molecule has 3 rings (SSSR count). The van der Waals surface area contributed by atoms with Crippen molar-refractivity contribution in [1.82, 2.24) is 20.1 Å². The van der Waals surface area contributed by atoms with E-state index in [1.54, 1.807) is 34.9 Å². The molecule has 2 amide bonds. The highest BCUT2D eigenvalue weighted by molar-refractivity contribution is 7.99. The fourth-order valence-corrected chi connectivity index (χ4v) is 4.60. The number of anilines is 1. The van der Waals surface area contributed by atoms with Gasteiger partial charge in [-0.25, -0.2) is 0 Å². The maximum absolute atomic E-state index is 12.5. The molecule has 0 spiro atoms. The zero-order chi connectivity index (χ0) is 24.0. The fourth-order valence-electron chi connectivity index (χ4n) is 2.93. The van der Waals surface area contributed by atoms with Crippen molar-refractivity contribution in [2.75, 3.05) is 11.1 Å². The molecule has 0 saturated carbocycles. The molecule has 1 atom stereocenters. The first-order valence-electron chi connectivity index (χ1n) is 9.77. The predicted molar refractivity (Wildman–Crippen MR) is 133 cm³/mol. The van der Waals surface area contributed by atoms with Crippen molar-refractivity contribution < 1.29 is 9.59 Å². The second kappa shape index (κ2) is 11.6. The van der Waals surface area contributed by atoms with E-state index in [0.29, 0.717) is 33.8 Å². The molecule has 7 nitrogen and oxygen atoms in total. The smallest absolute Gasteiger partial charge is 0.251 e. The summed E-state index contributed by atoms with van der Waals surface area (Å²) in [6.07, 6.45) is 1.69. The number of halogens is 3. The quantitative estimate of drug-likeness (QED) is 0.279. The number of nitrogens with zero attached hydrogens (tertiary/aromatic N) is 3. The molecule has 0 fully saturated rings. The van der Waals surface area contributed by atoms with Gasteiger partial charge in [-0.05, 0) is 31.2 Å². The lowest BCUT2D eigenvalue weighted by Crippen LogP contribution is -2.28. The van der Waals surface area contributed by atoms with Crippen LogP contribution in [0.15, 0.2) is 60.3 Å². The Kier molecular flexibility index (Phi) is 8.80. The van der Waals surface area contributed by atoms with Gasteiger partial charge in [-0.2, -0.15) is 0 Å². The lowest BCUT2D eigenvalue weighted by atomic mass is 10.2. The maximum Gasteiger partial charge on any atom is 0.251 e. The lowest BCUT2D eigenvalue weighted by molar-refractivity contribution is -0.113. The molecule has 0 saturated heterocycles. The first-order chi connectivity index (χ1) is 15.8. The normalized spacial score (nSPS) is 11.6. The van der Waals surface area contributed by atoms with Crippen LogP contribution in [0.3, 0.4) is 0 Å². The molecule has 2 N–H and O–H groups in total. The Hall–Kier alpha value is -2.52. The van der Waals surface area contributed by atoms with Crippen LogP contribution in [0.25, 0.3) is 0 Å². The summed E-state index contributed by atoms with van der Waals surface area (Å²) < 4.78 is 1.79. The highest BCUT2D eigenvalue weighted by atomic mass is 35.5. The third-order valence-corrected chi connectivity index (χ3v) is 6.21. The zero-order valence-corrected chi connectivity index (χ0v) is 20.6. The number of aromatic nitrogens is 3. The van der Waals surface area contributed by atoms with Crippen molar-refractivity contribution in [2.45, 2.75) is 24.7 Å². The molecule has 0 bridgehead atoms. The SMILES string of the molecule is C=CCn1c(SCC(=O)Nc2c(Cl)cc(Cl)cc2Cl)nnc1[C@@H](C)NC(=O)c1ccccc1. The molecule has 33 heavy (non-hydrogen) atoms. The molecular weight excluding hydrogens is 505 g/mol. The van der Waals surface area contributed by atoms with Crippen molar-refractivity contribution in [1.29, 1.82) is 0 Å². The van der Waals surface area contributed by atoms with E-state index in [1.165, 1.54) is 23.9 Å². The largest absolute Gasteiger partial charge is 0.342 e. The van der Waals surface area contributed by atoms with E-state index in [9.17, 15) is 9.59 Å². The van der Waals surface area contributed by atoms with Crippen LogP contribution in [-0.4, -0.2) is 32.3 Å². The van der Waals surface area contributed by atoms with Gasteiger partial charge in [-0.3, -0.25) is 9.59 Å². The standard InChI is InChI=1S/C22H20Cl3N5O2S/c1-3-9-30-20(13(2)26-21(32)14-7-5-4-6-8-14)28-29-22(30)33-12-18(31)27-19-16(24)10-15(23)11-17(19)25/h3-8,10-11,13H,1,9,12H2,2H3,(H,26,32)(H,27,31)/t13-/m1/s1. The van der Waals surface area contributed by atoms with Gasteiger partial charge in [0.2, 0.25) is 5.91 Å². The summed E-state index contributed by atoms with van der Waals surface area (Å²) in [4.78, 5) is 25.0. The van der Waals surface area contributed by atoms with Crippen LogP contribution in [0, 0.1) is 0 Å². The summed E-state index contributed by atoms with van der Waals surface area (Å²) in [5.74, 6) is 0.0358. The number of hydrogen-bond donors (Lipinski definition) is 2. The number of nitrogens with one attached hydrogen (secondary N) is 2. The van der Waals surface area contributed by atoms with Gasteiger partial charge >= 0.3 is 0 Å². The van der Waals surface area contributed by atoms with Crippen LogP contribution in [0.2, 0.25) is 15.1 Å². The Morgan fingerprint density at radius 2 is 1.82 bits per heavy atom. The third-order valence-electron chi connectivity index (χ3n) is 4.43. The van der Waals surface area contributed by atoms with E-state index in [2.05, 4.69) is 27.4 Å². The first-order valence-corrected chi connectivity index (χ1v) is 11.9. The molecular formula is C22H20Cl3N5O2S. The molecule has 0 radical (unpaired) electrons. The molecule has 11 heteroatoms. The molecule has 1 aromatic heterocycles. The van der Waals surface area contributed by atoms with Crippen molar-refractivity contribution in [2.24, 2.45) is 0 Å². The summed E-state index contributed by atoms with van der Waals surface area (Å²) in [6.45, 7) is 6.00. The van der Waals surface area contributed by atoms with Gasteiger partial charge in [-0.1, -0.05) is 70.8 Å². The Morgan fingerprint density at radius 3 is 2.45 bits per heavy atom. The van der Waals surface area contributed by atoms with E-state index in [0.717, 1.165) is 0 Å². The fraction of sp³-hybridized carbons (Fsp3) is 0.182. The van der Waals surface area contributed by atoms with Crippen molar-refractivity contribution in [3.05, 3.63) is 81.6 Å². The molecule has 2 aromatic carbocycles. The van der Waals surface area contributed by atoms with Gasteiger partial charge in [0.05, 0.1) is 27.5 Å². The molecule has 0 aliphatic rings. The zero-order valence-electron chi connectivity index (χ0n) is 17.5. The average Bonchev–Trinajstić information content (AvgIpc) is 3.18. The Labute approximate surface area is 210 Å². The topological polar surface area (TPSA) is 88.9 Å². The number of hydrogen-bond acceptors (Lipinski definition) is 5. The Balaban J connectivity index is 1.68. The molecule has 0 unspecified atom stereocenters. The van der Waals surface area contributed by atoms with Gasteiger partial charge in [0.25, 0.3) is 5.91 Å². The van der Waals surface area contributed by atoms with Gasteiger partial charge in [-0.15, -0.1) is 16.8 Å². The van der Waals surface area contributed by atoms with Crippen LogP contribution in [0.1, 0.15) is 29.1 Å². The average molecular weight is 525 g/mol. The van der Waals surface area contributed by atoms with Crippen molar-refractivity contribution >= 4 is 64.1 Å². The molecule has 0 aliphatic carbocycles. The van der Waals surface area contributed by atoms with Crippen LogP contribution < -0.4 is 10.6 Å². The molecule has 0 aliphatic heterocycles. The predicted octanol–water partition coefficient (Wildman–Crippen LogP) is 5.65.